The maximum absolute atomic E-state index is 11.3. The molecule has 0 aromatic carbocycles. The Morgan fingerprint density at radius 2 is 1.80 bits per heavy atom. The number of hydrogen-bond donors (Lipinski definition) is 1. The van der Waals surface area contributed by atoms with Crippen molar-refractivity contribution in [2.75, 3.05) is 20.0 Å². The second kappa shape index (κ2) is 4.50. The number of rotatable bonds is 2. The Bertz CT molecular complexity index is 415. The number of carbonyl (C=O) groups is 2. The summed E-state index contributed by atoms with van der Waals surface area (Å²) in [4.78, 5) is 22.7. The number of esters is 2. The van der Waals surface area contributed by atoms with Gasteiger partial charge in [0.05, 0.1) is 19.9 Å². The van der Waals surface area contributed by atoms with E-state index in [0.29, 0.717) is 0 Å². The van der Waals surface area contributed by atoms with E-state index < -0.39 is 11.9 Å². The van der Waals surface area contributed by atoms with Crippen LogP contribution in [-0.2, 0) is 9.47 Å². The van der Waals surface area contributed by atoms with Crippen molar-refractivity contribution in [3.8, 4) is 0 Å². The molecule has 0 amide bonds. The minimum atomic E-state index is -0.712. The number of methoxy groups -OCH3 is 2. The Labute approximate surface area is 94.7 Å². The van der Waals surface area contributed by atoms with Gasteiger partial charge in [0.1, 0.15) is 14.8 Å². The fraction of sp³-hybridized carbons (Fsp3) is 0.250. The number of ether oxygens (including phenoxy) is 2. The first-order valence-electron chi connectivity index (χ1n) is 3.77. The number of nitrogen functional groups attached to an aromatic ring is 1. The molecule has 7 heteroatoms. The van der Waals surface area contributed by atoms with E-state index in [-0.39, 0.29) is 20.5 Å². The van der Waals surface area contributed by atoms with Crippen LogP contribution in [0.4, 0.5) is 5.69 Å². The van der Waals surface area contributed by atoms with Gasteiger partial charge in [0.2, 0.25) is 0 Å². The topological polar surface area (TPSA) is 78.6 Å². The van der Waals surface area contributed by atoms with Crippen molar-refractivity contribution in [2.45, 2.75) is 0 Å². The zero-order chi connectivity index (χ0) is 11.6. The molecule has 5 nitrogen and oxygen atoms in total. The zero-order valence-electron chi connectivity index (χ0n) is 8.00. The van der Waals surface area contributed by atoms with Gasteiger partial charge in [0, 0.05) is 0 Å². The van der Waals surface area contributed by atoms with Crippen LogP contribution >= 0.6 is 22.9 Å². The van der Waals surface area contributed by atoms with E-state index in [1.165, 1.54) is 14.2 Å². The molecule has 82 valence electrons. The minimum Gasteiger partial charge on any atom is -0.465 e. The number of carbonyl (C=O) groups excluding carboxylic acids is 2. The fourth-order valence-electron chi connectivity index (χ4n) is 0.957. The maximum atomic E-state index is 11.3. The lowest BCUT2D eigenvalue weighted by Gasteiger charge is -2.01. The molecule has 0 spiro atoms. The van der Waals surface area contributed by atoms with E-state index in [1.807, 2.05) is 0 Å². The summed E-state index contributed by atoms with van der Waals surface area (Å²) in [6.07, 6.45) is 0. The monoisotopic (exact) mass is 249 g/mol. The number of hydrogen-bond acceptors (Lipinski definition) is 6. The third kappa shape index (κ3) is 2.05. The van der Waals surface area contributed by atoms with Gasteiger partial charge in [-0.15, -0.1) is 11.3 Å². The lowest BCUT2D eigenvalue weighted by atomic mass is 10.2. The van der Waals surface area contributed by atoms with Crippen LogP contribution < -0.4 is 5.73 Å². The van der Waals surface area contributed by atoms with Crippen molar-refractivity contribution in [1.82, 2.24) is 0 Å². The van der Waals surface area contributed by atoms with Crippen molar-refractivity contribution < 1.29 is 19.1 Å². The first kappa shape index (κ1) is 11.8. The summed E-state index contributed by atoms with van der Waals surface area (Å²) in [5, 5.41) is 0. The summed E-state index contributed by atoms with van der Waals surface area (Å²) < 4.78 is 9.14. The molecule has 0 radical (unpaired) electrons. The second-order valence-corrected chi connectivity index (χ2v) is 4.10. The maximum Gasteiger partial charge on any atom is 0.349 e. The van der Waals surface area contributed by atoms with Gasteiger partial charge in [-0.3, -0.25) is 0 Å². The normalized spacial score (nSPS) is 9.80. The fourth-order valence-corrected chi connectivity index (χ4v) is 2.14. The van der Waals surface area contributed by atoms with E-state index in [9.17, 15) is 9.59 Å². The molecule has 1 rings (SSSR count). The Balaban J connectivity index is 3.33. The van der Waals surface area contributed by atoms with E-state index >= 15 is 0 Å². The van der Waals surface area contributed by atoms with Crippen LogP contribution in [0.3, 0.4) is 0 Å². The summed E-state index contributed by atoms with van der Waals surface area (Å²) in [7, 11) is 2.39. The standard InChI is InChI=1S/C8H8ClNO4S/c1-13-7(11)3-4(10)6(9)15-5(3)8(12)14-2/h10H2,1-2H3. The van der Waals surface area contributed by atoms with Crippen LogP contribution in [0.1, 0.15) is 20.0 Å². The van der Waals surface area contributed by atoms with Gasteiger partial charge in [0.15, 0.2) is 0 Å². The summed E-state index contributed by atoms with van der Waals surface area (Å²) >= 11 is 6.60. The summed E-state index contributed by atoms with van der Waals surface area (Å²) in [6.45, 7) is 0. The SMILES string of the molecule is COC(=O)c1sc(Cl)c(N)c1C(=O)OC. The molecule has 0 unspecified atom stereocenters. The Hall–Kier alpha value is -1.27. The van der Waals surface area contributed by atoms with Crippen LogP contribution in [0.5, 0.6) is 0 Å². The highest BCUT2D eigenvalue weighted by Crippen LogP contribution is 2.35. The van der Waals surface area contributed by atoms with Crippen LogP contribution in [-0.4, -0.2) is 26.2 Å². The third-order valence-corrected chi connectivity index (χ3v) is 3.07. The zero-order valence-corrected chi connectivity index (χ0v) is 9.57. The third-order valence-electron chi connectivity index (χ3n) is 1.66. The van der Waals surface area contributed by atoms with E-state index in [0.717, 1.165) is 11.3 Å². The highest BCUT2D eigenvalue weighted by Gasteiger charge is 2.26. The summed E-state index contributed by atoms with van der Waals surface area (Å²) in [5.41, 5.74) is 5.54. The summed E-state index contributed by atoms with van der Waals surface area (Å²) in [5.74, 6) is -1.38. The molecule has 1 aromatic heterocycles. The van der Waals surface area contributed by atoms with Crippen molar-refractivity contribution >= 4 is 40.6 Å². The minimum absolute atomic E-state index is 0.0360. The Morgan fingerprint density at radius 1 is 1.27 bits per heavy atom. The first-order chi connectivity index (χ1) is 7.02. The van der Waals surface area contributed by atoms with Crippen molar-refractivity contribution in [3.63, 3.8) is 0 Å². The van der Waals surface area contributed by atoms with Gasteiger partial charge in [-0.2, -0.15) is 0 Å². The molecule has 0 aliphatic carbocycles. The number of thiophene rings is 1. The number of halogens is 1. The lowest BCUT2D eigenvalue weighted by Crippen LogP contribution is -2.10. The highest BCUT2D eigenvalue weighted by atomic mass is 35.5. The number of nitrogens with two attached hydrogens (primary N) is 1. The van der Waals surface area contributed by atoms with E-state index in [1.54, 1.807) is 0 Å². The molecule has 0 saturated carbocycles. The second-order valence-electron chi connectivity index (χ2n) is 2.48. The smallest absolute Gasteiger partial charge is 0.349 e. The quantitative estimate of drug-likeness (QED) is 0.805. The van der Waals surface area contributed by atoms with Crippen LogP contribution in [0.15, 0.2) is 0 Å². The van der Waals surface area contributed by atoms with E-state index in [4.69, 9.17) is 17.3 Å². The molecular formula is C8H8ClNO4S. The molecule has 0 aliphatic heterocycles. The Kier molecular flexibility index (Phi) is 3.54. The van der Waals surface area contributed by atoms with Gasteiger partial charge < -0.3 is 15.2 Å². The molecule has 15 heavy (non-hydrogen) atoms. The molecule has 0 aliphatic rings. The molecule has 0 fully saturated rings. The van der Waals surface area contributed by atoms with Crippen LogP contribution in [0.25, 0.3) is 0 Å². The Morgan fingerprint density at radius 3 is 2.27 bits per heavy atom. The van der Waals surface area contributed by atoms with Gasteiger partial charge in [-0.1, -0.05) is 11.6 Å². The molecule has 0 bridgehead atoms. The van der Waals surface area contributed by atoms with Gasteiger partial charge in [0.25, 0.3) is 0 Å². The van der Waals surface area contributed by atoms with Crippen molar-refractivity contribution in [3.05, 3.63) is 14.8 Å². The van der Waals surface area contributed by atoms with Crippen molar-refractivity contribution in [2.24, 2.45) is 0 Å². The summed E-state index contributed by atoms with van der Waals surface area (Å²) in [6, 6.07) is 0. The average molecular weight is 250 g/mol. The first-order valence-corrected chi connectivity index (χ1v) is 4.96. The van der Waals surface area contributed by atoms with Gasteiger partial charge in [-0.25, -0.2) is 9.59 Å². The molecular weight excluding hydrogens is 242 g/mol. The van der Waals surface area contributed by atoms with Crippen LogP contribution in [0.2, 0.25) is 4.34 Å². The molecule has 1 heterocycles. The molecule has 1 aromatic rings. The molecule has 0 atom stereocenters. The van der Waals surface area contributed by atoms with Crippen LogP contribution in [0, 0.1) is 0 Å². The molecule has 2 N–H and O–H groups in total. The van der Waals surface area contributed by atoms with E-state index in [2.05, 4.69) is 9.47 Å². The largest absolute Gasteiger partial charge is 0.465 e. The van der Waals surface area contributed by atoms with Gasteiger partial charge >= 0.3 is 11.9 Å². The molecule has 0 saturated heterocycles. The van der Waals surface area contributed by atoms with Gasteiger partial charge in [-0.05, 0) is 0 Å². The lowest BCUT2D eigenvalue weighted by molar-refractivity contribution is 0.0561. The predicted octanol–water partition coefficient (Wildman–Crippen LogP) is 1.56. The van der Waals surface area contributed by atoms with Crippen molar-refractivity contribution in [1.29, 1.82) is 0 Å². The highest BCUT2D eigenvalue weighted by molar-refractivity contribution is 7.19. The number of anilines is 1. The average Bonchev–Trinajstić information content (AvgIpc) is 2.53. The predicted molar refractivity (Wildman–Crippen MR) is 56.4 cm³/mol.